The highest BCUT2D eigenvalue weighted by molar-refractivity contribution is 5.91. The van der Waals surface area contributed by atoms with Crippen molar-refractivity contribution in [3.05, 3.63) is 53.9 Å². The van der Waals surface area contributed by atoms with Crippen LogP contribution >= 0.6 is 0 Å². The summed E-state index contributed by atoms with van der Waals surface area (Å²) in [6.07, 6.45) is 4.58. The summed E-state index contributed by atoms with van der Waals surface area (Å²) in [6, 6.07) is 8.39. The highest BCUT2D eigenvalue weighted by atomic mass is 16.6. The zero-order valence-electron chi connectivity index (χ0n) is 12.4. The Morgan fingerprint density at radius 1 is 1.32 bits per heavy atom. The number of hydrogen-bond acceptors (Lipinski definition) is 6. The van der Waals surface area contributed by atoms with Gasteiger partial charge in [0.25, 0.3) is 0 Å². The van der Waals surface area contributed by atoms with Crippen LogP contribution < -0.4 is 9.47 Å². The minimum Gasteiger partial charge on any atom is -0.493 e. The molecule has 0 atom stereocenters. The van der Waals surface area contributed by atoms with Crippen molar-refractivity contribution >= 4 is 12.2 Å². The van der Waals surface area contributed by atoms with Crippen LogP contribution in [0.2, 0.25) is 0 Å². The number of aromatic nitrogens is 1. The molecule has 0 unspecified atom stereocenters. The molecule has 0 amide bonds. The van der Waals surface area contributed by atoms with Crippen molar-refractivity contribution in [1.82, 2.24) is 4.98 Å². The molecule has 0 saturated carbocycles. The molecule has 1 aromatic heterocycles. The lowest BCUT2D eigenvalue weighted by molar-refractivity contribution is 0.0729. The van der Waals surface area contributed by atoms with Gasteiger partial charge in [-0.25, -0.2) is 4.79 Å². The van der Waals surface area contributed by atoms with Crippen LogP contribution in [-0.2, 0) is 4.84 Å². The summed E-state index contributed by atoms with van der Waals surface area (Å²) < 4.78 is 10.6. The lowest BCUT2D eigenvalue weighted by Gasteiger charge is -2.09. The van der Waals surface area contributed by atoms with Gasteiger partial charge >= 0.3 is 5.97 Å². The molecule has 0 saturated heterocycles. The van der Waals surface area contributed by atoms with Gasteiger partial charge in [-0.2, -0.15) is 0 Å². The summed E-state index contributed by atoms with van der Waals surface area (Å²) in [4.78, 5) is 20.8. The van der Waals surface area contributed by atoms with Gasteiger partial charge in [-0.1, -0.05) is 5.16 Å². The van der Waals surface area contributed by atoms with Crippen LogP contribution in [0.5, 0.6) is 11.5 Å². The second kappa shape index (κ2) is 7.78. The second-order valence-electron chi connectivity index (χ2n) is 4.19. The van der Waals surface area contributed by atoms with E-state index in [9.17, 15) is 4.79 Å². The zero-order chi connectivity index (χ0) is 15.8. The van der Waals surface area contributed by atoms with E-state index in [1.807, 2.05) is 6.92 Å². The summed E-state index contributed by atoms with van der Waals surface area (Å²) in [5, 5.41) is 3.78. The van der Waals surface area contributed by atoms with Crippen LogP contribution in [0.25, 0.3) is 0 Å². The molecule has 114 valence electrons. The van der Waals surface area contributed by atoms with E-state index in [-0.39, 0.29) is 0 Å². The standard InChI is InChI=1S/C16H16N2O4/c1-3-21-18-10-12-6-7-14(15(9-12)20-2)22-16(19)13-5-4-8-17-11-13/h4-11H,3H2,1-2H3/b18-10+. The van der Waals surface area contributed by atoms with Gasteiger partial charge in [-0.05, 0) is 37.3 Å². The first kappa shape index (κ1) is 15.5. The number of rotatable bonds is 6. The number of pyridine rings is 1. The van der Waals surface area contributed by atoms with E-state index in [0.717, 1.165) is 5.56 Å². The molecular weight excluding hydrogens is 284 g/mol. The lowest BCUT2D eigenvalue weighted by atomic mass is 10.2. The quantitative estimate of drug-likeness (QED) is 0.355. The Kier molecular flexibility index (Phi) is 5.48. The second-order valence-corrected chi connectivity index (χ2v) is 4.19. The molecule has 6 nitrogen and oxygen atoms in total. The molecule has 1 aromatic carbocycles. The van der Waals surface area contributed by atoms with Crippen molar-refractivity contribution in [1.29, 1.82) is 0 Å². The van der Waals surface area contributed by atoms with Gasteiger partial charge in [0.1, 0.15) is 6.61 Å². The third kappa shape index (κ3) is 4.05. The fourth-order valence-corrected chi connectivity index (χ4v) is 1.66. The van der Waals surface area contributed by atoms with Crippen LogP contribution in [-0.4, -0.2) is 30.9 Å². The third-order valence-corrected chi connectivity index (χ3v) is 2.69. The summed E-state index contributed by atoms with van der Waals surface area (Å²) in [5.74, 6) is 0.254. The molecule has 0 aliphatic heterocycles. The molecular formula is C16H16N2O4. The van der Waals surface area contributed by atoms with Crippen LogP contribution in [0.3, 0.4) is 0 Å². The SMILES string of the molecule is CCO/N=C/c1ccc(OC(=O)c2cccnc2)c(OC)c1. The summed E-state index contributed by atoms with van der Waals surface area (Å²) in [5.41, 5.74) is 1.14. The molecule has 0 aliphatic carbocycles. The molecule has 0 radical (unpaired) electrons. The normalized spacial score (nSPS) is 10.5. The van der Waals surface area contributed by atoms with Gasteiger partial charge < -0.3 is 14.3 Å². The number of esters is 1. The molecule has 2 rings (SSSR count). The maximum Gasteiger partial charge on any atom is 0.345 e. The summed E-state index contributed by atoms with van der Waals surface area (Å²) in [7, 11) is 1.50. The van der Waals surface area contributed by atoms with Crippen molar-refractivity contribution in [3.8, 4) is 11.5 Å². The predicted molar refractivity (Wildman–Crippen MR) is 81.4 cm³/mol. The molecule has 1 heterocycles. The van der Waals surface area contributed by atoms with Crippen molar-refractivity contribution in [3.63, 3.8) is 0 Å². The Labute approximate surface area is 128 Å². The highest BCUT2D eigenvalue weighted by Gasteiger charge is 2.12. The first-order valence-electron chi connectivity index (χ1n) is 6.70. The summed E-state index contributed by atoms with van der Waals surface area (Å²) in [6.45, 7) is 2.34. The van der Waals surface area contributed by atoms with Gasteiger partial charge in [0.05, 0.1) is 18.9 Å². The first-order chi connectivity index (χ1) is 10.7. The zero-order valence-corrected chi connectivity index (χ0v) is 12.4. The molecule has 0 bridgehead atoms. The Balaban J connectivity index is 2.15. The average Bonchev–Trinajstić information content (AvgIpc) is 2.57. The number of benzene rings is 1. The fourth-order valence-electron chi connectivity index (χ4n) is 1.66. The van der Waals surface area contributed by atoms with Gasteiger partial charge in [-0.3, -0.25) is 4.98 Å². The van der Waals surface area contributed by atoms with Crippen LogP contribution in [0, 0.1) is 0 Å². The Bertz CT molecular complexity index is 656. The van der Waals surface area contributed by atoms with Crippen LogP contribution in [0.4, 0.5) is 0 Å². The average molecular weight is 300 g/mol. The smallest absolute Gasteiger partial charge is 0.345 e. The lowest BCUT2D eigenvalue weighted by Crippen LogP contribution is -2.09. The summed E-state index contributed by atoms with van der Waals surface area (Å²) >= 11 is 0. The number of ether oxygens (including phenoxy) is 2. The monoisotopic (exact) mass is 300 g/mol. The Morgan fingerprint density at radius 3 is 2.86 bits per heavy atom. The van der Waals surface area contributed by atoms with E-state index >= 15 is 0 Å². The van der Waals surface area contributed by atoms with Crippen LogP contribution in [0.15, 0.2) is 47.9 Å². The van der Waals surface area contributed by atoms with E-state index in [0.29, 0.717) is 23.7 Å². The Morgan fingerprint density at radius 2 is 2.18 bits per heavy atom. The van der Waals surface area contributed by atoms with E-state index in [2.05, 4.69) is 10.1 Å². The largest absolute Gasteiger partial charge is 0.493 e. The van der Waals surface area contributed by atoms with E-state index in [1.54, 1.807) is 42.7 Å². The minimum absolute atomic E-state index is 0.324. The molecule has 22 heavy (non-hydrogen) atoms. The van der Waals surface area contributed by atoms with Crippen molar-refractivity contribution in [2.24, 2.45) is 5.16 Å². The molecule has 0 N–H and O–H groups in total. The number of hydrogen-bond donors (Lipinski definition) is 0. The minimum atomic E-state index is -0.498. The van der Waals surface area contributed by atoms with Crippen molar-refractivity contribution in [2.45, 2.75) is 6.92 Å². The maximum absolute atomic E-state index is 12.0. The van der Waals surface area contributed by atoms with E-state index in [4.69, 9.17) is 14.3 Å². The Hall–Kier alpha value is -2.89. The highest BCUT2D eigenvalue weighted by Crippen LogP contribution is 2.28. The van der Waals surface area contributed by atoms with E-state index < -0.39 is 5.97 Å². The maximum atomic E-state index is 12.0. The van der Waals surface area contributed by atoms with Crippen LogP contribution in [0.1, 0.15) is 22.8 Å². The molecule has 0 aliphatic rings. The molecule has 6 heteroatoms. The van der Waals surface area contributed by atoms with Crippen molar-refractivity contribution < 1.29 is 19.1 Å². The van der Waals surface area contributed by atoms with E-state index in [1.165, 1.54) is 13.3 Å². The van der Waals surface area contributed by atoms with Gasteiger partial charge in [0, 0.05) is 18.0 Å². The topological polar surface area (TPSA) is 70.0 Å². The van der Waals surface area contributed by atoms with Gasteiger partial charge in [0.15, 0.2) is 11.5 Å². The molecule has 2 aromatic rings. The number of methoxy groups -OCH3 is 1. The number of oxime groups is 1. The number of carbonyl (C=O) groups excluding carboxylic acids is 1. The van der Waals surface area contributed by atoms with Crippen molar-refractivity contribution in [2.75, 3.05) is 13.7 Å². The number of carbonyl (C=O) groups is 1. The molecule has 0 spiro atoms. The third-order valence-electron chi connectivity index (χ3n) is 2.69. The predicted octanol–water partition coefficient (Wildman–Crippen LogP) is 2.68. The fraction of sp³-hybridized carbons (Fsp3) is 0.188. The van der Waals surface area contributed by atoms with Gasteiger partial charge in [-0.15, -0.1) is 0 Å². The first-order valence-corrected chi connectivity index (χ1v) is 6.70. The van der Waals surface area contributed by atoms with Gasteiger partial charge in [0.2, 0.25) is 0 Å². The number of nitrogens with zero attached hydrogens (tertiary/aromatic N) is 2. The molecule has 0 fully saturated rings.